The molecule has 0 saturated carbocycles. The molecule has 0 aliphatic carbocycles. The molecule has 3 aromatic carbocycles. The monoisotopic (exact) mass is 429 g/mol. The van der Waals surface area contributed by atoms with E-state index in [1.165, 1.54) is 6.92 Å². The van der Waals surface area contributed by atoms with Crippen LogP contribution in [0.4, 0.5) is 5.69 Å². The summed E-state index contributed by atoms with van der Waals surface area (Å²) in [7, 11) is 0. The number of oxime groups is 1. The molecule has 6 nitrogen and oxygen atoms in total. The summed E-state index contributed by atoms with van der Waals surface area (Å²) in [6, 6.07) is 27.0. The van der Waals surface area contributed by atoms with Crippen molar-refractivity contribution in [2.24, 2.45) is 5.16 Å². The molecule has 0 aliphatic heterocycles. The Bertz CT molecular complexity index is 1010. The van der Waals surface area contributed by atoms with Crippen molar-refractivity contribution in [2.75, 3.05) is 11.9 Å². The minimum absolute atomic E-state index is 0.124. The molecule has 1 N–H and O–H groups in total. The van der Waals surface area contributed by atoms with Crippen LogP contribution in [0.5, 0.6) is 0 Å². The highest BCUT2D eigenvalue weighted by Crippen LogP contribution is 2.12. The van der Waals surface area contributed by atoms with Gasteiger partial charge in [0, 0.05) is 25.7 Å². The van der Waals surface area contributed by atoms with Crippen LogP contribution in [-0.2, 0) is 27.5 Å². The van der Waals surface area contributed by atoms with Crippen molar-refractivity contribution in [2.45, 2.75) is 26.9 Å². The third-order valence-corrected chi connectivity index (χ3v) is 4.80. The Labute approximate surface area is 188 Å². The fraction of sp³-hybridized carbons (Fsp3) is 0.192. The highest BCUT2D eigenvalue weighted by Gasteiger charge is 2.15. The van der Waals surface area contributed by atoms with Crippen LogP contribution in [0.15, 0.2) is 90.1 Å². The Hall–Kier alpha value is -3.93. The fourth-order valence-corrected chi connectivity index (χ4v) is 3.17. The molecule has 0 atom stereocenters. The fourth-order valence-electron chi connectivity index (χ4n) is 3.17. The molecule has 32 heavy (non-hydrogen) atoms. The largest absolute Gasteiger partial charge is 0.385 e. The summed E-state index contributed by atoms with van der Waals surface area (Å²) >= 11 is 0. The van der Waals surface area contributed by atoms with E-state index in [1.807, 2.05) is 79.7 Å². The first-order valence-electron chi connectivity index (χ1n) is 10.4. The molecule has 6 heteroatoms. The molecule has 164 valence electrons. The van der Waals surface area contributed by atoms with Crippen LogP contribution in [0.25, 0.3) is 0 Å². The van der Waals surface area contributed by atoms with Gasteiger partial charge in [-0.1, -0.05) is 78.0 Å². The molecule has 2 amide bonds. The van der Waals surface area contributed by atoms with Crippen molar-refractivity contribution in [3.8, 4) is 0 Å². The maximum Gasteiger partial charge on any atom is 0.263 e. The van der Waals surface area contributed by atoms with Crippen LogP contribution < -0.4 is 5.32 Å². The molecule has 0 saturated heterocycles. The number of carbonyl (C=O) groups is 2. The van der Waals surface area contributed by atoms with Crippen molar-refractivity contribution < 1.29 is 14.4 Å². The Morgan fingerprint density at radius 2 is 1.34 bits per heavy atom. The van der Waals surface area contributed by atoms with Crippen LogP contribution in [0.2, 0.25) is 0 Å². The lowest BCUT2D eigenvalue weighted by atomic mass is 10.1. The normalized spacial score (nSPS) is 11.0. The maximum absolute atomic E-state index is 12.9. The molecular weight excluding hydrogens is 402 g/mol. The van der Waals surface area contributed by atoms with Gasteiger partial charge in [0.25, 0.3) is 5.91 Å². The minimum Gasteiger partial charge on any atom is -0.385 e. The lowest BCUT2D eigenvalue weighted by molar-refractivity contribution is -0.137. The van der Waals surface area contributed by atoms with Gasteiger partial charge in [-0.15, -0.1) is 0 Å². The third-order valence-electron chi connectivity index (χ3n) is 4.80. The quantitative estimate of drug-likeness (QED) is 0.399. The highest BCUT2D eigenvalue weighted by atomic mass is 16.6. The zero-order chi connectivity index (χ0) is 22.8. The molecule has 0 aliphatic rings. The van der Waals surface area contributed by atoms with Gasteiger partial charge in [-0.25, -0.2) is 0 Å². The highest BCUT2D eigenvalue weighted by molar-refractivity contribution is 5.99. The van der Waals surface area contributed by atoms with Gasteiger partial charge in [0.05, 0.1) is 5.71 Å². The second kappa shape index (κ2) is 11.5. The summed E-state index contributed by atoms with van der Waals surface area (Å²) in [5.74, 6) is -0.268. The van der Waals surface area contributed by atoms with Gasteiger partial charge in [0.15, 0.2) is 6.61 Å². The van der Waals surface area contributed by atoms with E-state index in [0.29, 0.717) is 24.5 Å². The van der Waals surface area contributed by atoms with Crippen LogP contribution >= 0.6 is 0 Å². The lowest BCUT2D eigenvalue weighted by Gasteiger charge is -2.22. The van der Waals surface area contributed by atoms with E-state index in [2.05, 4.69) is 10.5 Å². The average Bonchev–Trinajstić information content (AvgIpc) is 2.80. The molecule has 3 aromatic rings. The van der Waals surface area contributed by atoms with Gasteiger partial charge < -0.3 is 15.1 Å². The Morgan fingerprint density at radius 1 is 0.812 bits per heavy atom. The van der Waals surface area contributed by atoms with Gasteiger partial charge in [0.2, 0.25) is 5.91 Å². The Kier molecular flexibility index (Phi) is 8.15. The zero-order valence-electron chi connectivity index (χ0n) is 18.3. The van der Waals surface area contributed by atoms with Crippen LogP contribution in [0.1, 0.15) is 30.5 Å². The number of rotatable bonds is 9. The Balaban J connectivity index is 1.62. The number of carbonyl (C=O) groups excluding carboxylic acids is 2. The van der Waals surface area contributed by atoms with E-state index in [1.54, 1.807) is 17.0 Å². The second-order valence-corrected chi connectivity index (χ2v) is 7.43. The van der Waals surface area contributed by atoms with Gasteiger partial charge in [-0.3, -0.25) is 9.59 Å². The number of anilines is 1. The zero-order valence-corrected chi connectivity index (χ0v) is 18.3. The predicted octanol–water partition coefficient (Wildman–Crippen LogP) is 4.61. The summed E-state index contributed by atoms with van der Waals surface area (Å²) in [5.41, 5.74) is 4.30. The summed E-state index contributed by atoms with van der Waals surface area (Å²) in [5, 5.41) is 6.82. The number of amides is 2. The van der Waals surface area contributed by atoms with Gasteiger partial charge >= 0.3 is 0 Å². The number of hydrogen-bond donors (Lipinski definition) is 1. The summed E-state index contributed by atoms with van der Waals surface area (Å²) in [4.78, 5) is 31.2. The molecule has 0 aromatic heterocycles. The first-order chi connectivity index (χ1) is 15.5. The first kappa shape index (κ1) is 22.7. The SMILES string of the molecule is CC(=O)Nc1ccc(/C(C)=N\OCC(=O)N(Cc2ccccc2)Cc2ccccc2)cc1. The second-order valence-electron chi connectivity index (χ2n) is 7.43. The standard InChI is InChI=1S/C26H27N3O3/c1-20(24-13-15-25(16-14-24)27-21(2)30)28-32-19-26(31)29(17-22-9-5-3-6-10-22)18-23-11-7-4-8-12-23/h3-16H,17-19H2,1-2H3,(H,27,30)/b28-20-. The number of benzene rings is 3. The smallest absolute Gasteiger partial charge is 0.263 e. The number of hydrogen-bond acceptors (Lipinski definition) is 4. The van der Waals surface area contributed by atoms with Gasteiger partial charge in [-0.2, -0.15) is 0 Å². The number of nitrogens with one attached hydrogen (secondary N) is 1. The molecule has 0 radical (unpaired) electrons. The van der Waals surface area contributed by atoms with E-state index in [0.717, 1.165) is 16.7 Å². The maximum atomic E-state index is 12.9. The summed E-state index contributed by atoms with van der Waals surface area (Å²) in [6.45, 7) is 4.10. The van der Waals surface area contributed by atoms with Crippen molar-refractivity contribution in [3.63, 3.8) is 0 Å². The van der Waals surface area contributed by atoms with E-state index in [9.17, 15) is 9.59 Å². The molecule has 0 bridgehead atoms. The number of nitrogens with zero attached hydrogens (tertiary/aromatic N) is 2. The van der Waals surface area contributed by atoms with Crippen LogP contribution in [-0.4, -0.2) is 29.0 Å². The molecular formula is C26H27N3O3. The van der Waals surface area contributed by atoms with Gasteiger partial charge in [-0.05, 0) is 35.7 Å². The van der Waals surface area contributed by atoms with Crippen LogP contribution in [0.3, 0.4) is 0 Å². The van der Waals surface area contributed by atoms with Crippen molar-refractivity contribution in [1.29, 1.82) is 0 Å². The van der Waals surface area contributed by atoms with Crippen LogP contribution in [0, 0.1) is 0 Å². The first-order valence-corrected chi connectivity index (χ1v) is 10.4. The molecule has 3 rings (SSSR count). The topological polar surface area (TPSA) is 71.0 Å². The van der Waals surface area contributed by atoms with Crippen molar-refractivity contribution in [3.05, 3.63) is 102 Å². The predicted molar refractivity (Wildman–Crippen MR) is 126 cm³/mol. The molecule has 0 spiro atoms. The molecule has 0 unspecified atom stereocenters. The van der Waals surface area contributed by atoms with E-state index in [-0.39, 0.29) is 18.4 Å². The lowest BCUT2D eigenvalue weighted by Crippen LogP contribution is -2.32. The van der Waals surface area contributed by atoms with E-state index >= 15 is 0 Å². The minimum atomic E-state index is -0.152. The van der Waals surface area contributed by atoms with E-state index in [4.69, 9.17) is 4.84 Å². The third kappa shape index (κ3) is 7.09. The molecule has 0 heterocycles. The average molecular weight is 430 g/mol. The van der Waals surface area contributed by atoms with Crippen molar-refractivity contribution >= 4 is 23.2 Å². The van der Waals surface area contributed by atoms with E-state index < -0.39 is 0 Å². The summed E-state index contributed by atoms with van der Waals surface area (Å²) in [6.07, 6.45) is 0. The Morgan fingerprint density at radius 3 is 1.84 bits per heavy atom. The summed E-state index contributed by atoms with van der Waals surface area (Å²) < 4.78 is 0. The molecule has 0 fully saturated rings. The van der Waals surface area contributed by atoms with Crippen molar-refractivity contribution in [1.82, 2.24) is 4.90 Å². The van der Waals surface area contributed by atoms with Gasteiger partial charge in [0.1, 0.15) is 0 Å².